The van der Waals surface area contributed by atoms with Gasteiger partial charge in [0.15, 0.2) is 0 Å². The van der Waals surface area contributed by atoms with Crippen molar-refractivity contribution in [1.29, 1.82) is 0 Å². The number of hydrogen-bond acceptors (Lipinski definition) is 2. The second-order valence-corrected chi connectivity index (χ2v) is 18.3. The molecule has 0 aliphatic heterocycles. The van der Waals surface area contributed by atoms with E-state index in [9.17, 15) is 0 Å². The van der Waals surface area contributed by atoms with Crippen LogP contribution in [0.25, 0.3) is 86.6 Å². The number of benzene rings is 10. The van der Waals surface area contributed by atoms with E-state index in [1.54, 1.807) is 0 Å². The highest BCUT2D eigenvalue weighted by Crippen LogP contribution is 2.53. The molecule has 1 nitrogen and oxygen atoms in total. The molecular formula is C61H43NS. The van der Waals surface area contributed by atoms with Gasteiger partial charge >= 0.3 is 0 Å². The molecule has 0 saturated heterocycles. The molecular weight excluding hydrogens is 779 g/mol. The topological polar surface area (TPSA) is 3.24 Å². The maximum atomic E-state index is 2.44. The number of thiophene rings is 1. The number of fused-ring (bicyclic) bond motifs is 7. The van der Waals surface area contributed by atoms with E-state index in [-0.39, 0.29) is 5.41 Å². The first-order chi connectivity index (χ1) is 31.0. The van der Waals surface area contributed by atoms with Crippen molar-refractivity contribution in [2.75, 3.05) is 4.90 Å². The van der Waals surface area contributed by atoms with Gasteiger partial charge in [-0.1, -0.05) is 196 Å². The standard InChI is InChI=1S/C61H43NS/c1-61(2)56-28-8-5-20-50(56)53-25-13-24-49(59(53)61)42-33-37-46(38-34-42)62(57-29-9-6-21-51(57)54-26-14-27-55-52-22-7-10-30-58(52)63-60(54)55)45-35-31-40(32-36-45)43-17-11-18-44(39-43)48-23-12-16-41-15-3-4-19-47(41)48/h3-39H,1-2H3. The first kappa shape index (κ1) is 37.3. The van der Waals surface area contributed by atoms with Crippen LogP contribution < -0.4 is 4.90 Å². The molecule has 0 bridgehead atoms. The van der Waals surface area contributed by atoms with Crippen molar-refractivity contribution >= 4 is 59.3 Å². The highest BCUT2D eigenvalue weighted by atomic mass is 32.1. The van der Waals surface area contributed by atoms with E-state index in [1.165, 1.54) is 97.7 Å². The number of rotatable bonds is 7. The Morgan fingerprint density at radius 1 is 0.365 bits per heavy atom. The van der Waals surface area contributed by atoms with Crippen LogP contribution in [0, 0.1) is 0 Å². The van der Waals surface area contributed by atoms with Crippen molar-refractivity contribution < 1.29 is 0 Å². The lowest BCUT2D eigenvalue weighted by Gasteiger charge is -2.29. The van der Waals surface area contributed by atoms with Crippen LogP contribution in [0.3, 0.4) is 0 Å². The average Bonchev–Trinajstić information content (AvgIpc) is 3.84. The van der Waals surface area contributed by atoms with Crippen molar-refractivity contribution in [3.8, 4) is 55.6 Å². The van der Waals surface area contributed by atoms with E-state index in [1.807, 2.05) is 11.3 Å². The summed E-state index contributed by atoms with van der Waals surface area (Å²) in [6.45, 7) is 4.74. The number of hydrogen-bond donors (Lipinski definition) is 0. The first-order valence-corrected chi connectivity index (χ1v) is 22.7. The van der Waals surface area contributed by atoms with Crippen molar-refractivity contribution in [3.05, 3.63) is 236 Å². The first-order valence-electron chi connectivity index (χ1n) is 21.8. The summed E-state index contributed by atoms with van der Waals surface area (Å²) in [5, 5.41) is 5.13. The van der Waals surface area contributed by atoms with Crippen molar-refractivity contribution in [1.82, 2.24) is 0 Å². The van der Waals surface area contributed by atoms with Crippen molar-refractivity contribution in [2.45, 2.75) is 19.3 Å². The van der Waals surface area contributed by atoms with Crippen LogP contribution in [0.1, 0.15) is 25.0 Å². The second-order valence-electron chi connectivity index (χ2n) is 17.2. The lowest BCUT2D eigenvalue weighted by atomic mass is 9.79. The third-order valence-electron chi connectivity index (χ3n) is 13.3. The minimum Gasteiger partial charge on any atom is -0.310 e. The smallest absolute Gasteiger partial charge is 0.0540 e. The van der Waals surface area contributed by atoms with E-state index < -0.39 is 0 Å². The van der Waals surface area contributed by atoms with Gasteiger partial charge in [-0.3, -0.25) is 0 Å². The number of nitrogens with zero attached hydrogens (tertiary/aromatic N) is 1. The molecule has 1 aromatic heterocycles. The number of anilines is 3. The van der Waals surface area contributed by atoms with E-state index in [0.29, 0.717) is 0 Å². The summed E-state index contributed by atoms with van der Waals surface area (Å²) >= 11 is 1.88. The van der Waals surface area contributed by atoms with E-state index >= 15 is 0 Å². The highest BCUT2D eigenvalue weighted by molar-refractivity contribution is 7.26. The normalized spacial score (nSPS) is 12.7. The molecule has 1 heterocycles. The zero-order valence-corrected chi connectivity index (χ0v) is 36.0. The largest absolute Gasteiger partial charge is 0.310 e. The van der Waals surface area contributed by atoms with Gasteiger partial charge in [0.25, 0.3) is 0 Å². The fraction of sp³-hybridized carbons (Fsp3) is 0.0492. The summed E-state index contributed by atoms with van der Waals surface area (Å²) in [4.78, 5) is 2.44. The van der Waals surface area contributed by atoms with Crippen LogP contribution >= 0.6 is 11.3 Å². The zero-order valence-electron chi connectivity index (χ0n) is 35.2. The van der Waals surface area contributed by atoms with Gasteiger partial charge < -0.3 is 4.90 Å². The molecule has 0 N–H and O–H groups in total. The van der Waals surface area contributed by atoms with Gasteiger partial charge in [0.05, 0.1) is 5.69 Å². The van der Waals surface area contributed by atoms with Gasteiger partial charge in [-0.2, -0.15) is 0 Å². The molecule has 1 aliphatic carbocycles. The van der Waals surface area contributed by atoms with Crippen molar-refractivity contribution in [2.24, 2.45) is 0 Å². The van der Waals surface area contributed by atoms with E-state index in [0.717, 1.165) is 17.1 Å². The summed E-state index contributed by atoms with van der Waals surface area (Å²) in [7, 11) is 0. The van der Waals surface area contributed by atoms with Gasteiger partial charge in [0.2, 0.25) is 0 Å². The third kappa shape index (κ3) is 6.13. The molecule has 0 spiro atoms. The second kappa shape index (κ2) is 14.8. The Morgan fingerprint density at radius 2 is 0.921 bits per heavy atom. The molecule has 0 fully saturated rings. The maximum absolute atomic E-state index is 2.44. The molecule has 0 saturated carbocycles. The molecule has 2 heteroatoms. The quantitative estimate of drug-likeness (QED) is 0.155. The molecule has 12 rings (SSSR count). The molecule has 1 aliphatic rings. The Bertz CT molecular complexity index is 3530. The summed E-state index contributed by atoms with van der Waals surface area (Å²) in [5.74, 6) is 0. The Morgan fingerprint density at radius 3 is 1.76 bits per heavy atom. The van der Waals surface area contributed by atoms with Crippen LogP contribution in [0.15, 0.2) is 224 Å². The zero-order chi connectivity index (χ0) is 42.1. The monoisotopic (exact) mass is 821 g/mol. The lowest BCUT2D eigenvalue weighted by molar-refractivity contribution is 0.662. The van der Waals surface area contributed by atoms with Crippen LogP contribution in [0.4, 0.5) is 17.1 Å². The molecule has 63 heavy (non-hydrogen) atoms. The Labute approximate surface area is 372 Å². The third-order valence-corrected chi connectivity index (χ3v) is 14.5. The SMILES string of the molecule is CC1(C)c2ccccc2-c2cccc(-c3ccc(N(c4ccc(-c5cccc(-c6cccc7ccccc67)c5)cc4)c4ccccc4-c4cccc5c4sc4ccccc45)cc3)c21. The Kier molecular flexibility index (Phi) is 8.77. The fourth-order valence-corrected chi connectivity index (χ4v) is 11.5. The Hall–Kier alpha value is -7.52. The van der Waals surface area contributed by atoms with Gasteiger partial charge in [-0.15, -0.1) is 11.3 Å². The highest BCUT2D eigenvalue weighted by Gasteiger charge is 2.37. The summed E-state index contributed by atoms with van der Waals surface area (Å²) in [6.07, 6.45) is 0. The summed E-state index contributed by atoms with van der Waals surface area (Å²) in [5.41, 5.74) is 18.5. The molecule has 298 valence electrons. The molecule has 0 atom stereocenters. The minimum atomic E-state index is -0.101. The molecule has 0 amide bonds. The molecule has 11 aromatic rings. The van der Waals surface area contributed by atoms with E-state index in [4.69, 9.17) is 0 Å². The predicted octanol–water partition coefficient (Wildman–Crippen LogP) is 17.7. The molecule has 10 aromatic carbocycles. The van der Waals surface area contributed by atoms with E-state index in [2.05, 4.69) is 243 Å². The summed E-state index contributed by atoms with van der Waals surface area (Å²) < 4.78 is 2.62. The lowest BCUT2D eigenvalue weighted by Crippen LogP contribution is -2.16. The maximum Gasteiger partial charge on any atom is 0.0540 e. The van der Waals surface area contributed by atoms with Gasteiger partial charge in [0.1, 0.15) is 0 Å². The average molecular weight is 822 g/mol. The minimum absolute atomic E-state index is 0.101. The van der Waals surface area contributed by atoms with Crippen LogP contribution in [-0.4, -0.2) is 0 Å². The predicted molar refractivity (Wildman–Crippen MR) is 271 cm³/mol. The molecule has 0 radical (unpaired) electrons. The van der Waals surface area contributed by atoms with Crippen LogP contribution in [0.5, 0.6) is 0 Å². The van der Waals surface area contributed by atoms with Crippen LogP contribution in [-0.2, 0) is 5.41 Å². The fourth-order valence-electron chi connectivity index (χ4n) is 10.3. The number of para-hydroxylation sites is 1. The van der Waals surface area contributed by atoms with Gasteiger partial charge in [0, 0.05) is 48.1 Å². The van der Waals surface area contributed by atoms with Crippen LogP contribution in [0.2, 0.25) is 0 Å². The Balaban J connectivity index is 0.984. The van der Waals surface area contributed by atoms with Gasteiger partial charge in [-0.25, -0.2) is 0 Å². The summed E-state index contributed by atoms with van der Waals surface area (Å²) in [6, 6.07) is 82.7. The van der Waals surface area contributed by atoms with Crippen molar-refractivity contribution in [3.63, 3.8) is 0 Å². The van der Waals surface area contributed by atoms with Gasteiger partial charge in [-0.05, 0) is 109 Å². The molecule has 0 unspecified atom stereocenters.